The third-order valence-corrected chi connectivity index (χ3v) is 3.40. The van der Waals surface area contributed by atoms with E-state index < -0.39 is 0 Å². The molecule has 1 aromatic carbocycles. The molecule has 20 heavy (non-hydrogen) atoms. The van der Waals surface area contributed by atoms with Gasteiger partial charge in [0, 0.05) is 25.7 Å². The third-order valence-electron chi connectivity index (χ3n) is 3.40. The second-order valence-corrected chi connectivity index (χ2v) is 4.90. The second kappa shape index (κ2) is 5.46. The highest BCUT2D eigenvalue weighted by Gasteiger charge is 2.10. The van der Waals surface area contributed by atoms with Gasteiger partial charge in [0.15, 0.2) is 0 Å². The van der Waals surface area contributed by atoms with Crippen molar-refractivity contribution in [3.63, 3.8) is 0 Å². The Kier molecular flexibility index (Phi) is 3.52. The van der Waals surface area contributed by atoms with Crippen LogP contribution in [0.2, 0.25) is 0 Å². The van der Waals surface area contributed by atoms with Crippen LogP contribution in [0.3, 0.4) is 0 Å². The molecule has 2 N–H and O–H groups in total. The topological polar surface area (TPSA) is 59.1 Å². The second-order valence-electron chi connectivity index (χ2n) is 4.90. The molecule has 0 fully saturated rings. The predicted octanol–water partition coefficient (Wildman–Crippen LogP) is 2.01. The lowest BCUT2D eigenvalue weighted by molar-refractivity contribution is 0.396. The molecule has 1 aromatic heterocycles. The van der Waals surface area contributed by atoms with Gasteiger partial charge in [0.05, 0.1) is 7.11 Å². The number of ether oxygens (including phenoxy) is 1. The number of nitrogens with zero attached hydrogens (tertiary/aromatic N) is 2. The van der Waals surface area contributed by atoms with Gasteiger partial charge >= 0.3 is 0 Å². The van der Waals surface area contributed by atoms with Crippen molar-refractivity contribution in [2.24, 2.45) is 0 Å². The standard InChI is InChI=1S/C15H18N4O/c1-10-18-14(6-15(19-10)20-2)17-7-11-3-4-12-8-16-9-13(12)5-11/h3-6,16H,7-9H2,1-2H3,(H,17,18,19). The van der Waals surface area contributed by atoms with E-state index in [-0.39, 0.29) is 0 Å². The van der Waals surface area contributed by atoms with Gasteiger partial charge in [0.25, 0.3) is 0 Å². The molecule has 2 aromatic rings. The average Bonchev–Trinajstić information content (AvgIpc) is 2.92. The average molecular weight is 270 g/mol. The fraction of sp³-hybridized carbons (Fsp3) is 0.333. The Balaban J connectivity index is 1.71. The van der Waals surface area contributed by atoms with Gasteiger partial charge in [-0.2, -0.15) is 4.98 Å². The number of aryl methyl sites for hydroxylation is 1. The number of hydrogen-bond acceptors (Lipinski definition) is 5. The van der Waals surface area contributed by atoms with Gasteiger partial charge < -0.3 is 15.4 Å². The Labute approximate surface area is 118 Å². The lowest BCUT2D eigenvalue weighted by Crippen LogP contribution is -2.04. The minimum atomic E-state index is 0.582. The van der Waals surface area contributed by atoms with Gasteiger partial charge in [-0.05, 0) is 23.6 Å². The van der Waals surface area contributed by atoms with Gasteiger partial charge in [0.2, 0.25) is 5.88 Å². The lowest BCUT2D eigenvalue weighted by Gasteiger charge is -2.09. The van der Waals surface area contributed by atoms with Crippen LogP contribution in [0.4, 0.5) is 5.82 Å². The number of anilines is 1. The molecule has 2 heterocycles. The molecule has 1 aliphatic rings. The quantitative estimate of drug-likeness (QED) is 0.890. The van der Waals surface area contributed by atoms with Crippen LogP contribution in [0.1, 0.15) is 22.5 Å². The Morgan fingerprint density at radius 2 is 2.05 bits per heavy atom. The number of aromatic nitrogens is 2. The summed E-state index contributed by atoms with van der Waals surface area (Å²) in [5.74, 6) is 2.07. The Bertz CT molecular complexity index is 627. The minimum absolute atomic E-state index is 0.582. The van der Waals surface area contributed by atoms with E-state index in [0.29, 0.717) is 11.7 Å². The van der Waals surface area contributed by atoms with E-state index in [1.807, 2.05) is 13.0 Å². The summed E-state index contributed by atoms with van der Waals surface area (Å²) in [6.45, 7) is 4.54. The molecule has 5 heteroatoms. The number of hydrogen-bond donors (Lipinski definition) is 2. The van der Waals surface area contributed by atoms with Crippen LogP contribution in [0.15, 0.2) is 24.3 Å². The predicted molar refractivity (Wildman–Crippen MR) is 77.6 cm³/mol. The molecular formula is C15H18N4O. The molecule has 0 radical (unpaired) electrons. The first-order chi connectivity index (χ1) is 9.74. The van der Waals surface area contributed by atoms with Gasteiger partial charge in [-0.3, -0.25) is 0 Å². The maximum absolute atomic E-state index is 5.15. The monoisotopic (exact) mass is 270 g/mol. The molecule has 5 nitrogen and oxygen atoms in total. The molecule has 3 rings (SSSR count). The summed E-state index contributed by atoms with van der Waals surface area (Å²) in [5.41, 5.74) is 4.04. The minimum Gasteiger partial charge on any atom is -0.481 e. The molecule has 0 atom stereocenters. The summed E-state index contributed by atoms with van der Waals surface area (Å²) in [6, 6.07) is 8.40. The largest absolute Gasteiger partial charge is 0.481 e. The van der Waals surface area contributed by atoms with Gasteiger partial charge in [-0.15, -0.1) is 0 Å². The first-order valence-corrected chi connectivity index (χ1v) is 6.69. The zero-order chi connectivity index (χ0) is 13.9. The van der Waals surface area contributed by atoms with Gasteiger partial charge in [0.1, 0.15) is 11.6 Å². The summed E-state index contributed by atoms with van der Waals surface area (Å²) in [6.07, 6.45) is 0. The smallest absolute Gasteiger partial charge is 0.218 e. The molecule has 104 valence electrons. The van der Waals surface area contributed by atoms with Crippen LogP contribution in [0.25, 0.3) is 0 Å². The number of fused-ring (bicyclic) bond motifs is 1. The zero-order valence-corrected chi connectivity index (χ0v) is 11.7. The van der Waals surface area contributed by atoms with Crippen molar-refractivity contribution in [2.75, 3.05) is 12.4 Å². The summed E-state index contributed by atoms with van der Waals surface area (Å²) in [4.78, 5) is 8.53. The van der Waals surface area contributed by atoms with Crippen LogP contribution in [-0.4, -0.2) is 17.1 Å². The fourth-order valence-electron chi connectivity index (χ4n) is 2.39. The Morgan fingerprint density at radius 3 is 2.90 bits per heavy atom. The van der Waals surface area contributed by atoms with E-state index in [0.717, 1.165) is 25.5 Å². The van der Waals surface area contributed by atoms with Gasteiger partial charge in [-0.1, -0.05) is 18.2 Å². The molecule has 0 saturated heterocycles. The van der Waals surface area contributed by atoms with Crippen molar-refractivity contribution in [1.29, 1.82) is 0 Å². The number of nitrogens with one attached hydrogen (secondary N) is 2. The van der Waals surface area contributed by atoms with Crippen LogP contribution in [0.5, 0.6) is 5.88 Å². The number of benzene rings is 1. The van der Waals surface area contributed by atoms with Crippen molar-refractivity contribution in [3.8, 4) is 5.88 Å². The van der Waals surface area contributed by atoms with Crippen LogP contribution in [-0.2, 0) is 19.6 Å². The number of rotatable bonds is 4. The molecular weight excluding hydrogens is 252 g/mol. The molecule has 0 unspecified atom stereocenters. The van der Waals surface area contributed by atoms with Crippen molar-refractivity contribution in [2.45, 2.75) is 26.6 Å². The summed E-state index contributed by atoms with van der Waals surface area (Å²) < 4.78 is 5.15. The maximum atomic E-state index is 5.15. The fourth-order valence-corrected chi connectivity index (χ4v) is 2.39. The first-order valence-electron chi connectivity index (χ1n) is 6.69. The van der Waals surface area contributed by atoms with Crippen molar-refractivity contribution >= 4 is 5.82 Å². The Hall–Kier alpha value is -2.14. The summed E-state index contributed by atoms with van der Waals surface area (Å²) in [7, 11) is 1.61. The van der Waals surface area contributed by atoms with Crippen LogP contribution in [0, 0.1) is 6.92 Å². The van der Waals surface area contributed by atoms with E-state index in [4.69, 9.17) is 4.74 Å². The highest BCUT2D eigenvalue weighted by Crippen LogP contribution is 2.18. The first kappa shape index (κ1) is 12.9. The summed E-state index contributed by atoms with van der Waals surface area (Å²) >= 11 is 0. The van der Waals surface area contributed by atoms with Crippen molar-refractivity contribution in [1.82, 2.24) is 15.3 Å². The Morgan fingerprint density at radius 1 is 1.20 bits per heavy atom. The zero-order valence-electron chi connectivity index (χ0n) is 11.7. The van der Waals surface area contributed by atoms with E-state index in [1.165, 1.54) is 16.7 Å². The van der Waals surface area contributed by atoms with Gasteiger partial charge in [-0.25, -0.2) is 4.98 Å². The van der Waals surface area contributed by atoms with Crippen molar-refractivity contribution < 1.29 is 4.74 Å². The van der Waals surface area contributed by atoms with E-state index in [9.17, 15) is 0 Å². The molecule has 0 amide bonds. The molecule has 0 spiro atoms. The molecule has 0 aliphatic carbocycles. The third kappa shape index (κ3) is 2.72. The van der Waals surface area contributed by atoms with Crippen LogP contribution >= 0.6 is 0 Å². The van der Waals surface area contributed by atoms with E-state index >= 15 is 0 Å². The highest BCUT2D eigenvalue weighted by molar-refractivity contribution is 5.41. The lowest BCUT2D eigenvalue weighted by atomic mass is 10.1. The summed E-state index contributed by atoms with van der Waals surface area (Å²) in [5, 5.41) is 6.67. The van der Waals surface area contributed by atoms with Crippen LogP contribution < -0.4 is 15.4 Å². The molecule has 0 saturated carbocycles. The van der Waals surface area contributed by atoms with Crippen molar-refractivity contribution in [3.05, 3.63) is 46.8 Å². The molecule has 0 bridgehead atoms. The SMILES string of the molecule is COc1cc(NCc2ccc3c(c2)CNC3)nc(C)n1. The normalized spacial score (nSPS) is 13.1. The highest BCUT2D eigenvalue weighted by atomic mass is 16.5. The molecule has 1 aliphatic heterocycles. The number of methoxy groups -OCH3 is 1. The maximum Gasteiger partial charge on any atom is 0.218 e. The van der Waals surface area contributed by atoms with E-state index in [1.54, 1.807) is 7.11 Å². The van der Waals surface area contributed by atoms with E-state index in [2.05, 4.69) is 38.8 Å².